The molecule has 0 unspecified atom stereocenters. The highest BCUT2D eigenvalue weighted by Gasteiger charge is 2.42. The average molecular weight is 265 g/mol. The summed E-state index contributed by atoms with van der Waals surface area (Å²) in [6, 6.07) is 1.56. The van der Waals surface area contributed by atoms with Crippen molar-refractivity contribution in [2.24, 2.45) is 5.73 Å². The lowest BCUT2D eigenvalue weighted by Gasteiger charge is -2.37. The second-order valence-electron chi connectivity index (χ2n) is 4.77. The third-order valence-electron chi connectivity index (χ3n) is 3.43. The van der Waals surface area contributed by atoms with Crippen LogP contribution < -0.4 is 5.73 Å². The number of alkyl halides is 2. The third-order valence-corrected chi connectivity index (χ3v) is 3.43. The van der Waals surface area contributed by atoms with Gasteiger partial charge in [-0.05, 0) is 30.5 Å². The van der Waals surface area contributed by atoms with Crippen molar-refractivity contribution >= 4 is 0 Å². The first-order valence-electron chi connectivity index (χ1n) is 5.55. The summed E-state index contributed by atoms with van der Waals surface area (Å²) in [6.07, 6.45) is -1.07. The first kappa shape index (κ1) is 13.3. The minimum Gasteiger partial charge on any atom is -0.321 e. The van der Waals surface area contributed by atoms with Crippen LogP contribution in [0.25, 0.3) is 0 Å². The minimum absolute atomic E-state index is 0.0226. The number of hydrogen-bond acceptors (Lipinski definition) is 1. The molecule has 2 rings (SSSR count). The molecule has 2 N–H and O–H groups in total. The molecule has 1 saturated carbocycles. The summed E-state index contributed by atoms with van der Waals surface area (Å²) in [4.78, 5) is 0. The average Bonchev–Trinajstić information content (AvgIpc) is 2.30. The van der Waals surface area contributed by atoms with E-state index >= 15 is 0 Å². The Labute approximate surface area is 101 Å². The highest BCUT2D eigenvalue weighted by atomic mass is 19.3. The van der Waals surface area contributed by atoms with Gasteiger partial charge in [0.25, 0.3) is 0 Å². The molecule has 0 saturated heterocycles. The largest absolute Gasteiger partial charge is 0.321 e. The zero-order valence-corrected chi connectivity index (χ0v) is 9.45. The molecule has 1 aromatic rings. The van der Waals surface area contributed by atoms with Crippen molar-refractivity contribution in [3.8, 4) is 0 Å². The molecule has 18 heavy (non-hydrogen) atoms. The van der Waals surface area contributed by atoms with E-state index < -0.39 is 41.8 Å². The molecular formula is C12H12F5N. The predicted octanol–water partition coefficient (Wildman–Crippen LogP) is 3.47. The van der Waals surface area contributed by atoms with Gasteiger partial charge < -0.3 is 5.73 Å². The van der Waals surface area contributed by atoms with Crippen LogP contribution in [0.4, 0.5) is 22.0 Å². The number of benzene rings is 1. The first-order chi connectivity index (χ1) is 8.23. The van der Waals surface area contributed by atoms with Crippen molar-refractivity contribution in [2.45, 2.75) is 37.1 Å². The van der Waals surface area contributed by atoms with Gasteiger partial charge in [0, 0.05) is 18.4 Å². The fourth-order valence-electron chi connectivity index (χ4n) is 2.19. The van der Waals surface area contributed by atoms with Gasteiger partial charge in [-0.1, -0.05) is 0 Å². The van der Waals surface area contributed by atoms with Crippen LogP contribution in [0, 0.1) is 17.5 Å². The molecule has 1 fully saturated rings. The van der Waals surface area contributed by atoms with Crippen molar-refractivity contribution in [2.75, 3.05) is 0 Å². The Balaban J connectivity index is 2.32. The van der Waals surface area contributed by atoms with E-state index in [1.807, 2.05) is 0 Å². The topological polar surface area (TPSA) is 26.0 Å². The van der Waals surface area contributed by atoms with Gasteiger partial charge in [0.1, 0.15) is 0 Å². The predicted molar refractivity (Wildman–Crippen MR) is 55.6 cm³/mol. The molecule has 0 radical (unpaired) electrons. The summed E-state index contributed by atoms with van der Waals surface area (Å²) < 4.78 is 65.1. The third kappa shape index (κ3) is 2.34. The molecule has 0 amide bonds. The summed E-state index contributed by atoms with van der Waals surface area (Å²) in [7, 11) is 0. The molecule has 1 aromatic carbocycles. The van der Waals surface area contributed by atoms with Crippen LogP contribution in [0.15, 0.2) is 12.1 Å². The molecule has 6 heteroatoms. The summed E-state index contributed by atoms with van der Waals surface area (Å²) in [5.74, 6) is -7.08. The lowest BCUT2D eigenvalue weighted by molar-refractivity contribution is -0.0514. The van der Waals surface area contributed by atoms with E-state index in [4.69, 9.17) is 5.73 Å². The van der Waals surface area contributed by atoms with Crippen LogP contribution >= 0.6 is 0 Å². The van der Waals surface area contributed by atoms with Crippen molar-refractivity contribution in [1.29, 1.82) is 0 Å². The minimum atomic E-state index is -2.79. The van der Waals surface area contributed by atoms with E-state index in [0.717, 1.165) is 12.1 Å². The summed E-state index contributed by atoms with van der Waals surface area (Å²) in [5, 5.41) is 0. The van der Waals surface area contributed by atoms with Crippen molar-refractivity contribution in [3.63, 3.8) is 0 Å². The molecule has 0 spiro atoms. The number of rotatable bonds is 1. The molecule has 0 aliphatic heterocycles. The highest BCUT2D eigenvalue weighted by Crippen LogP contribution is 2.42. The van der Waals surface area contributed by atoms with Crippen LogP contribution in [0.2, 0.25) is 0 Å². The molecular weight excluding hydrogens is 253 g/mol. The van der Waals surface area contributed by atoms with E-state index in [1.165, 1.54) is 0 Å². The van der Waals surface area contributed by atoms with Crippen molar-refractivity contribution in [3.05, 3.63) is 35.1 Å². The summed E-state index contributed by atoms with van der Waals surface area (Å²) >= 11 is 0. The van der Waals surface area contributed by atoms with Crippen LogP contribution in [0.5, 0.6) is 0 Å². The smallest absolute Gasteiger partial charge is 0.248 e. The zero-order chi connectivity index (χ0) is 13.6. The lowest BCUT2D eigenvalue weighted by atomic mass is 9.76. The van der Waals surface area contributed by atoms with Gasteiger partial charge in [0.15, 0.2) is 17.5 Å². The van der Waals surface area contributed by atoms with Gasteiger partial charge in [-0.15, -0.1) is 0 Å². The molecule has 0 heterocycles. The molecule has 1 aliphatic rings. The molecule has 0 atom stereocenters. The first-order valence-corrected chi connectivity index (χ1v) is 5.55. The lowest BCUT2D eigenvalue weighted by Crippen LogP contribution is -2.43. The Morgan fingerprint density at radius 2 is 1.33 bits per heavy atom. The van der Waals surface area contributed by atoms with Crippen LogP contribution in [0.1, 0.15) is 31.2 Å². The van der Waals surface area contributed by atoms with E-state index in [0.29, 0.717) is 0 Å². The Kier molecular flexibility index (Phi) is 3.09. The summed E-state index contributed by atoms with van der Waals surface area (Å²) in [5.41, 5.74) is 4.70. The monoisotopic (exact) mass is 265 g/mol. The van der Waals surface area contributed by atoms with Gasteiger partial charge in [-0.3, -0.25) is 0 Å². The Bertz CT molecular complexity index is 439. The molecule has 0 bridgehead atoms. The van der Waals surface area contributed by atoms with Gasteiger partial charge in [0.2, 0.25) is 5.92 Å². The van der Waals surface area contributed by atoms with E-state index in [-0.39, 0.29) is 18.4 Å². The Morgan fingerprint density at radius 3 is 1.78 bits per heavy atom. The Hall–Kier alpha value is -1.17. The van der Waals surface area contributed by atoms with Gasteiger partial charge in [-0.2, -0.15) is 0 Å². The quantitative estimate of drug-likeness (QED) is 0.610. The van der Waals surface area contributed by atoms with E-state index in [2.05, 4.69) is 0 Å². The summed E-state index contributed by atoms with van der Waals surface area (Å²) in [6.45, 7) is 0. The van der Waals surface area contributed by atoms with Crippen molar-refractivity contribution in [1.82, 2.24) is 0 Å². The molecule has 1 nitrogen and oxygen atoms in total. The van der Waals surface area contributed by atoms with Gasteiger partial charge >= 0.3 is 0 Å². The highest BCUT2D eigenvalue weighted by molar-refractivity contribution is 5.27. The maximum Gasteiger partial charge on any atom is 0.248 e. The standard InChI is InChI=1S/C12H12F5N/c13-8-5-7(6-9(14)10(8)15)11(18)1-3-12(16,17)4-2-11/h5-6H,1-4,18H2. The maximum absolute atomic E-state index is 13.1. The van der Waals surface area contributed by atoms with Crippen LogP contribution in [0.3, 0.4) is 0 Å². The van der Waals surface area contributed by atoms with Crippen molar-refractivity contribution < 1.29 is 22.0 Å². The second-order valence-corrected chi connectivity index (χ2v) is 4.77. The zero-order valence-electron chi connectivity index (χ0n) is 9.45. The maximum atomic E-state index is 13.1. The SMILES string of the molecule is NC1(c2cc(F)c(F)c(F)c2)CCC(F)(F)CC1. The molecule has 0 aromatic heterocycles. The van der Waals surface area contributed by atoms with Gasteiger partial charge in [-0.25, -0.2) is 22.0 Å². The normalized spacial score (nSPS) is 21.9. The van der Waals surface area contributed by atoms with E-state index in [1.54, 1.807) is 0 Å². The fourth-order valence-corrected chi connectivity index (χ4v) is 2.19. The van der Waals surface area contributed by atoms with Crippen LogP contribution in [-0.2, 0) is 5.54 Å². The number of nitrogens with two attached hydrogens (primary N) is 1. The second kappa shape index (κ2) is 4.19. The number of halogens is 5. The molecule has 100 valence electrons. The van der Waals surface area contributed by atoms with Crippen LogP contribution in [-0.4, -0.2) is 5.92 Å². The van der Waals surface area contributed by atoms with E-state index in [9.17, 15) is 22.0 Å². The Morgan fingerprint density at radius 1 is 0.889 bits per heavy atom. The number of hydrogen-bond donors (Lipinski definition) is 1. The fraction of sp³-hybridized carbons (Fsp3) is 0.500. The molecule has 1 aliphatic carbocycles. The van der Waals surface area contributed by atoms with Gasteiger partial charge in [0.05, 0.1) is 0 Å².